The molecule has 5 rings (SSSR count). The Morgan fingerprint density at radius 1 is 1.02 bits per heavy atom. The van der Waals surface area contributed by atoms with E-state index in [2.05, 4.69) is 49.3 Å². The number of anilines is 2. The van der Waals surface area contributed by atoms with E-state index in [9.17, 15) is 9.18 Å². The van der Waals surface area contributed by atoms with Gasteiger partial charge in [-0.3, -0.25) is 9.69 Å². The topological polar surface area (TPSA) is 73.4 Å². The van der Waals surface area contributed by atoms with Gasteiger partial charge in [-0.15, -0.1) is 0 Å². The fourth-order valence-corrected chi connectivity index (χ4v) is 5.01. The SMILES string of the molecule is CNc1ncnc2cc(C#Cc3cc(C(=O)Nc4ccc(CN5CCN(C)CC5)c(C(C)F)c4)ccc3C)ccc12. The van der Waals surface area contributed by atoms with Gasteiger partial charge in [0.25, 0.3) is 5.91 Å². The normalized spacial score (nSPS) is 14.8. The molecule has 1 saturated heterocycles. The zero-order valence-corrected chi connectivity index (χ0v) is 24.0. The number of nitrogens with one attached hydrogen (secondary N) is 2. The van der Waals surface area contributed by atoms with Gasteiger partial charge in [0, 0.05) is 67.5 Å². The average Bonchev–Trinajstić information content (AvgIpc) is 2.98. The minimum atomic E-state index is -1.14. The lowest BCUT2D eigenvalue weighted by molar-refractivity contribution is 0.102. The number of fused-ring (bicyclic) bond motifs is 1. The molecule has 41 heavy (non-hydrogen) atoms. The van der Waals surface area contributed by atoms with E-state index in [-0.39, 0.29) is 5.91 Å². The lowest BCUT2D eigenvalue weighted by atomic mass is 10.0. The Labute approximate surface area is 240 Å². The van der Waals surface area contributed by atoms with Gasteiger partial charge in [-0.05, 0) is 80.1 Å². The molecule has 2 heterocycles. The van der Waals surface area contributed by atoms with Gasteiger partial charge in [0.05, 0.1) is 5.52 Å². The second-order valence-corrected chi connectivity index (χ2v) is 10.5. The standard InChI is InChI=1S/C33H35FN6O/c1-22-5-8-26(18-25(22)9-6-24-7-12-29-31(17-24)36-21-37-32(29)35-3)33(41)38-28-11-10-27(30(19-28)23(2)34)20-40-15-13-39(4)14-16-40/h5,7-8,10-12,17-19,21,23H,13-16,20H2,1-4H3,(H,38,41)(H,35,36,37). The summed E-state index contributed by atoms with van der Waals surface area (Å²) < 4.78 is 14.6. The molecule has 0 radical (unpaired) electrons. The van der Waals surface area contributed by atoms with E-state index in [0.717, 1.165) is 65.2 Å². The number of nitrogens with zero attached hydrogens (tertiary/aromatic N) is 4. The number of benzene rings is 3. The van der Waals surface area contributed by atoms with Gasteiger partial charge in [-0.2, -0.15) is 0 Å². The third kappa shape index (κ3) is 6.71. The minimum Gasteiger partial charge on any atom is -0.373 e. The summed E-state index contributed by atoms with van der Waals surface area (Å²) in [5.41, 5.74) is 5.98. The first-order chi connectivity index (χ1) is 19.8. The quantitative estimate of drug-likeness (QED) is 0.313. The Morgan fingerprint density at radius 2 is 1.83 bits per heavy atom. The highest BCUT2D eigenvalue weighted by Gasteiger charge is 2.18. The molecule has 1 aliphatic rings. The van der Waals surface area contributed by atoms with Crippen molar-refractivity contribution in [2.45, 2.75) is 26.6 Å². The van der Waals surface area contributed by atoms with Crippen LogP contribution in [0.2, 0.25) is 0 Å². The molecule has 0 spiro atoms. The first-order valence-electron chi connectivity index (χ1n) is 13.8. The summed E-state index contributed by atoms with van der Waals surface area (Å²) in [5.74, 6) is 6.91. The molecular formula is C33H35FN6O. The number of carbonyl (C=O) groups is 1. The highest BCUT2D eigenvalue weighted by molar-refractivity contribution is 6.04. The third-order valence-electron chi connectivity index (χ3n) is 7.54. The predicted molar refractivity (Wildman–Crippen MR) is 163 cm³/mol. The monoisotopic (exact) mass is 550 g/mol. The number of aryl methyl sites for hydroxylation is 1. The first-order valence-corrected chi connectivity index (χ1v) is 13.8. The van der Waals surface area contributed by atoms with Crippen molar-refractivity contribution >= 4 is 28.3 Å². The van der Waals surface area contributed by atoms with Crippen molar-refractivity contribution in [2.24, 2.45) is 0 Å². The van der Waals surface area contributed by atoms with Crippen molar-refractivity contribution in [3.05, 3.63) is 94.3 Å². The molecule has 2 N–H and O–H groups in total. The fraction of sp³-hybridized carbons (Fsp3) is 0.303. The van der Waals surface area contributed by atoms with Gasteiger partial charge in [-0.25, -0.2) is 14.4 Å². The molecule has 1 amide bonds. The third-order valence-corrected chi connectivity index (χ3v) is 7.54. The Morgan fingerprint density at radius 3 is 2.59 bits per heavy atom. The number of alkyl halides is 1. The number of amides is 1. The molecule has 4 aromatic rings. The van der Waals surface area contributed by atoms with Crippen molar-refractivity contribution in [1.82, 2.24) is 19.8 Å². The molecule has 0 aliphatic carbocycles. The van der Waals surface area contributed by atoms with Crippen LogP contribution in [0.15, 0.2) is 60.9 Å². The van der Waals surface area contributed by atoms with Crippen molar-refractivity contribution in [3.63, 3.8) is 0 Å². The van der Waals surface area contributed by atoms with Crippen LogP contribution in [0.25, 0.3) is 10.9 Å². The van der Waals surface area contributed by atoms with Gasteiger partial charge < -0.3 is 15.5 Å². The molecule has 1 atom stereocenters. The van der Waals surface area contributed by atoms with Gasteiger partial charge in [-0.1, -0.05) is 24.0 Å². The smallest absolute Gasteiger partial charge is 0.255 e. The Hall–Kier alpha value is -4.32. The van der Waals surface area contributed by atoms with Crippen LogP contribution in [-0.4, -0.2) is 65.9 Å². The van der Waals surface area contributed by atoms with Crippen LogP contribution in [0, 0.1) is 18.8 Å². The molecule has 210 valence electrons. The molecule has 7 nitrogen and oxygen atoms in total. The summed E-state index contributed by atoms with van der Waals surface area (Å²) in [6.45, 7) is 8.14. The van der Waals surface area contributed by atoms with Gasteiger partial charge in [0.2, 0.25) is 0 Å². The maximum Gasteiger partial charge on any atom is 0.255 e. The van der Waals surface area contributed by atoms with Gasteiger partial charge in [0.15, 0.2) is 0 Å². The van der Waals surface area contributed by atoms with E-state index in [1.165, 1.54) is 6.33 Å². The lowest BCUT2D eigenvalue weighted by Crippen LogP contribution is -2.44. The highest BCUT2D eigenvalue weighted by atomic mass is 19.1. The molecule has 3 aromatic carbocycles. The molecule has 8 heteroatoms. The van der Waals surface area contributed by atoms with Crippen LogP contribution in [0.3, 0.4) is 0 Å². The van der Waals surface area contributed by atoms with E-state index in [4.69, 9.17) is 0 Å². The van der Waals surface area contributed by atoms with Crippen LogP contribution in [-0.2, 0) is 6.54 Å². The minimum absolute atomic E-state index is 0.265. The lowest BCUT2D eigenvalue weighted by Gasteiger charge is -2.33. The van der Waals surface area contributed by atoms with Crippen molar-refractivity contribution in [2.75, 3.05) is 50.9 Å². The van der Waals surface area contributed by atoms with Crippen molar-refractivity contribution < 1.29 is 9.18 Å². The number of hydrogen-bond donors (Lipinski definition) is 2. The molecule has 1 aliphatic heterocycles. The average molecular weight is 551 g/mol. The summed E-state index contributed by atoms with van der Waals surface area (Å²) in [7, 11) is 3.94. The van der Waals surface area contributed by atoms with E-state index in [0.29, 0.717) is 23.4 Å². The zero-order chi connectivity index (χ0) is 28.9. The Balaban J connectivity index is 1.32. The molecule has 0 bridgehead atoms. The van der Waals surface area contributed by atoms with Crippen LogP contribution >= 0.6 is 0 Å². The van der Waals surface area contributed by atoms with Gasteiger partial charge in [0.1, 0.15) is 18.3 Å². The maximum atomic E-state index is 14.6. The summed E-state index contributed by atoms with van der Waals surface area (Å²) >= 11 is 0. The number of aromatic nitrogens is 2. The zero-order valence-electron chi connectivity index (χ0n) is 24.0. The Bertz CT molecular complexity index is 1630. The molecule has 1 aromatic heterocycles. The summed E-state index contributed by atoms with van der Waals surface area (Å²) in [5, 5.41) is 6.94. The van der Waals surface area contributed by atoms with E-state index >= 15 is 0 Å². The Kier molecular flexibility index (Phi) is 8.58. The van der Waals surface area contributed by atoms with E-state index < -0.39 is 6.17 Å². The van der Waals surface area contributed by atoms with Crippen LogP contribution < -0.4 is 10.6 Å². The number of hydrogen-bond acceptors (Lipinski definition) is 6. The molecule has 1 unspecified atom stereocenters. The van der Waals surface area contributed by atoms with Gasteiger partial charge >= 0.3 is 0 Å². The number of piperazine rings is 1. The summed E-state index contributed by atoms with van der Waals surface area (Å²) in [6, 6.07) is 16.8. The number of rotatable bonds is 6. The second kappa shape index (κ2) is 12.5. The number of likely N-dealkylation sites (N-methyl/N-ethyl adjacent to an activating group) is 1. The van der Waals surface area contributed by atoms with E-state index in [1.54, 1.807) is 25.1 Å². The molecule has 1 fully saturated rings. The second-order valence-electron chi connectivity index (χ2n) is 10.5. The van der Waals surface area contributed by atoms with Crippen LogP contribution in [0.1, 0.15) is 51.3 Å². The van der Waals surface area contributed by atoms with Crippen molar-refractivity contribution in [3.8, 4) is 11.8 Å². The highest BCUT2D eigenvalue weighted by Crippen LogP contribution is 2.27. The fourth-order valence-electron chi connectivity index (χ4n) is 5.01. The van der Waals surface area contributed by atoms with Crippen molar-refractivity contribution in [1.29, 1.82) is 0 Å². The largest absolute Gasteiger partial charge is 0.373 e. The maximum absolute atomic E-state index is 14.6. The van der Waals surface area contributed by atoms with Crippen LogP contribution in [0.5, 0.6) is 0 Å². The summed E-state index contributed by atoms with van der Waals surface area (Å²) in [6.07, 6.45) is 0.387. The predicted octanol–water partition coefficient (Wildman–Crippen LogP) is 5.41. The summed E-state index contributed by atoms with van der Waals surface area (Å²) in [4.78, 5) is 26.4. The van der Waals surface area contributed by atoms with Crippen LogP contribution in [0.4, 0.5) is 15.9 Å². The first kappa shape index (κ1) is 28.2. The number of carbonyl (C=O) groups excluding carboxylic acids is 1. The molecular weight excluding hydrogens is 515 g/mol. The number of halogens is 1. The molecule has 0 saturated carbocycles. The van der Waals surface area contributed by atoms with E-state index in [1.807, 2.05) is 50.4 Å².